The average molecular weight is 426 g/mol. The van der Waals surface area contributed by atoms with E-state index in [4.69, 9.17) is 4.74 Å². The van der Waals surface area contributed by atoms with Crippen LogP contribution in [0.3, 0.4) is 0 Å². The molecule has 0 atom stereocenters. The number of likely N-dealkylation sites (tertiary alicyclic amines) is 1. The second-order valence-corrected chi connectivity index (χ2v) is 8.00. The van der Waals surface area contributed by atoms with Crippen LogP contribution in [0.2, 0.25) is 0 Å². The summed E-state index contributed by atoms with van der Waals surface area (Å²) in [5.41, 5.74) is 4.85. The van der Waals surface area contributed by atoms with Crippen LogP contribution in [0, 0.1) is 0 Å². The Balaban J connectivity index is 1.49. The molecule has 162 valence electrons. The van der Waals surface area contributed by atoms with Gasteiger partial charge in [-0.2, -0.15) is 0 Å². The van der Waals surface area contributed by atoms with E-state index in [9.17, 15) is 9.59 Å². The van der Waals surface area contributed by atoms with E-state index in [0.717, 1.165) is 29.5 Å². The van der Waals surface area contributed by atoms with Crippen molar-refractivity contribution in [3.63, 3.8) is 0 Å². The molecule has 32 heavy (non-hydrogen) atoms. The molecule has 0 bridgehead atoms. The molecule has 1 heterocycles. The van der Waals surface area contributed by atoms with Crippen molar-refractivity contribution in [3.8, 4) is 0 Å². The molecule has 0 aliphatic carbocycles. The number of nitrogens with zero attached hydrogens (tertiary/aromatic N) is 1. The molecule has 3 aromatic rings. The van der Waals surface area contributed by atoms with Gasteiger partial charge in [0.25, 0.3) is 0 Å². The third kappa shape index (κ3) is 4.97. The van der Waals surface area contributed by atoms with Crippen LogP contribution in [0.4, 0.5) is 0 Å². The Kier molecular flexibility index (Phi) is 6.81. The van der Waals surface area contributed by atoms with Crippen molar-refractivity contribution >= 4 is 18.0 Å². The standard InChI is InChI=1S/C28H27NO3/c1-32-28(31)25-14-8-9-22(20-25)19-21-15-17-29(18-16-21)27(30)26(23-10-4-2-5-11-23)24-12-6-3-7-13-24/h2-14,19-20,26H,15-18H2,1H3. The minimum Gasteiger partial charge on any atom is -0.465 e. The summed E-state index contributed by atoms with van der Waals surface area (Å²) in [5, 5.41) is 0. The molecule has 4 rings (SSSR count). The van der Waals surface area contributed by atoms with Gasteiger partial charge >= 0.3 is 5.97 Å². The molecular weight excluding hydrogens is 398 g/mol. The Morgan fingerprint density at radius 1 is 0.844 bits per heavy atom. The number of carbonyl (C=O) groups is 2. The first-order valence-electron chi connectivity index (χ1n) is 10.9. The molecule has 3 aromatic carbocycles. The van der Waals surface area contributed by atoms with Crippen molar-refractivity contribution < 1.29 is 14.3 Å². The number of carbonyl (C=O) groups excluding carboxylic acids is 2. The lowest BCUT2D eigenvalue weighted by molar-refractivity contribution is -0.132. The quantitative estimate of drug-likeness (QED) is 0.521. The van der Waals surface area contributed by atoms with E-state index in [1.54, 1.807) is 6.07 Å². The summed E-state index contributed by atoms with van der Waals surface area (Å²) >= 11 is 0. The summed E-state index contributed by atoms with van der Waals surface area (Å²) in [5.74, 6) is -0.479. The van der Waals surface area contributed by atoms with E-state index in [-0.39, 0.29) is 17.8 Å². The number of ether oxygens (including phenoxy) is 1. The molecule has 4 heteroatoms. The molecule has 0 aromatic heterocycles. The van der Waals surface area contributed by atoms with E-state index in [1.807, 2.05) is 83.8 Å². The van der Waals surface area contributed by atoms with Crippen molar-refractivity contribution in [3.05, 3.63) is 113 Å². The van der Waals surface area contributed by atoms with Crippen LogP contribution in [0.15, 0.2) is 90.5 Å². The third-order valence-corrected chi connectivity index (χ3v) is 5.91. The number of amides is 1. The SMILES string of the molecule is COC(=O)c1cccc(C=C2CCN(C(=O)C(c3ccccc3)c3ccccc3)CC2)c1. The van der Waals surface area contributed by atoms with Gasteiger partial charge in [-0.05, 0) is 41.7 Å². The molecule has 4 nitrogen and oxygen atoms in total. The molecular formula is C28H27NO3. The highest BCUT2D eigenvalue weighted by atomic mass is 16.5. The Morgan fingerprint density at radius 3 is 2.00 bits per heavy atom. The van der Waals surface area contributed by atoms with Crippen LogP contribution >= 0.6 is 0 Å². The summed E-state index contributed by atoms with van der Waals surface area (Å²) in [7, 11) is 1.39. The van der Waals surface area contributed by atoms with Crippen molar-refractivity contribution in [2.75, 3.05) is 20.2 Å². The average Bonchev–Trinajstić information content (AvgIpc) is 2.85. The number of piperidine rings is 1. The third-order valence-electron chi connectivity index (χ3n) is 5.91. The van der Waals surface area contributed by atoms with Gasteiger partial charge in [0.15, 0.2) is 0 Å². The first kappa shape index (κ1) is 21.6. The number of hydrogen-bond donors (Lipinski definition) is 0. The van der Waals surface area contributed by atoms with Crippen molar-refractivity contribution in [2.24, 2.45) is 0 Å². The Hall–Kier alpha value is -3.66. The number of hydrogen-bond acceptors (Lipinski definition) is 3. The lowest BCUT2D eigenvalue weighted by Gasteiger charge is -2.32. The van der Waals surface area contributed by atoms with Crippen LogP contribution in [-0.2, 0) is 9.53 Å². The summed E-state index contributed by atoms with van der Waals surface area (Å²) < 4.78 is 4.81. The van der Waals surface area contributed by atoms with E-state index >= 15 is 0 Å². The van der Waals surface area contributed by atoms with Gasteiger partial charge in [0.2, 0.25) is 5.91 Å². The number of benzene rings is 3. The van der Waals surface area contributed by atoms with Gasteiger partial charge in [-0.15, -0.1) is 0 Å². The zero-order valence-corrected chi connectivity index (χ0v) is 18.2. The van der Waals surface area contributed by atoms with Gasteiger partial charge < -0.3 is 9.64 Å². The zero-order valence-electron chi connectivity index (χ0n) is 18.2. The van der Waals surface area contributed by atoms with Crippen LogP contribution in [0.25, 0.3) is 6.08 Å². The normalized spacial score (nSPS) is 13.7. The van der Waals surface area contributed by atoms with Crippen LogP contribution in [0.5, 0.6) is 0 Å². The molecule has 0 radical (unpaired) electrons. The van der Waals surface area contributed by atoms with Crippen LogP contribution in [0.1, 0.15) is 45.8 Å². The van der Waals surface area contributed by atoms with E-state index < -0.39 is 0 Å². The van der Waals surface area contributed by atoms with Gasteiger partial charge in [0.1, 0.15) is 0 Å². The lowest BCUT2D eigenvalue weighted by Crippen LogP contribution is -2.39. The van der Waals surface area contributed by atoms with Crippen LogP contribution < -0.4 is 0 Å². The van der Waals surface area contributed by atoms with E-state index in [2.05, 4.69) is 6.08 Å². The second kappa shape index (κ2) is 10.1. The largest absolute Gasteiger partial charge is 0.465 e. The highest BCUT2D eigenvalue weighted by molar-refractivity contribution is 5.90. The smallest absolute Gasteiger partial charge is 0.337 e. The molecule has 0 saturated carbocycles. The van der Waals surface area contributed by atoms with Gasteiger partial charge in [-0.3, -0.25) is 4.79 Å². The van der Waals surface area contributed by atoms with Crippen molar-refractivity contribution in [2.45, 2.75) is 18.8 Å². The maximum absolute atomic E-state index is 13.6. The fraction of sp³-hybridized carbons (Fsp3) is 0.214. The van der Waals surface area contributed by atoms with E-state index in [1.165, 1.54) is 12.7 Å². The summed E-state index contributed by atoms with van der Waals surface area (Å²) in [6, 6.07) is 27.4. The van der Waals surface area contributed by atoms with Gasteiger partial charge in [-0.25, -0.2) is 4.79 Å². The molecule has 1 amide bonds. The summed E-state index contributed by atoms with van der Waals surface area (Å²) in [4.78, 5) is 27.3. The fourth-order valence-electron chi connectivity index (χ4n) is 4.22. The predicted octanol–water partition coefficient (Wildman–Crippen LogP) is 5.31. The number of methoxy groups -OCH3 is 1. The minimum atomic E-state index is -0.335. The molecule has 1 saturated heterocycles. The predicted molar refractivity (Wildman–Crippen MR) is 126 cm³/mol. The fourth-order valence-corrected chi connectivity index (χ4v) is 4.22. The van der Waals surface area contributed by atoms with Crippen molar-refractivity contribution in [1.29, 1.82) is 0 Å². The zero-order chi connectivity index (χ0) is 22.3. The second-order valence-electron chi connectivity index (χ2n) is 8.00. The number of esters is 1. The van der Waals surface area contributed by atoms with E-state index in [0.29, 0.717) is 18.7 Å². The monoisotopic (exact) mass is 425 g/mol. The summed E-state index contributed by atoms with van der Waals surface area (Å²) in [6.07, 6.45) is 3.77. The van der Waals surface area contributed by atoms with Gasteiger partial charge in [0, 0.05) is 13.1 Å². The minimum absolute atomic E-state index is 0.147. The molecule has 0 spiro atoms. The Labute approximate surface area is 189 Å². The summed E-state index contributed by atoms with van der Waals surface area (Å²) in [6.45, 7) is 1.38. The highest BCUT2D eigenvalue weighted by Crippen LogP contribution is 2.29. The first-order valence-corrected chi connectivity index (χ1v) is 10.9. The van der Waals surface area contributed by atoms with Gasteiger partial charge in [0.05, 0.1) is 18.6 Å². The molecule has 0 N–H and O–H groups in total. The Bertz CT molecular complexity index is 1060. The molecule has 1 aliphatic rings. The Morgan fingerprint density at radius 2 is 1.44 bits per heavy atom. The topological polar surface area (TPSA) is 46.6 Å². The first-order chi connectivity index (χ1) is 15.7. The van der Waals surface area contributed by atoms with Crippen LogP contribution in [-0.4, -0.2) is 37.0 Å². The van der Waals surface area contributed by atoms with Crippen molar-refractivity contribution in [1.82, 2.24) is 4.90 Å². The molecule has 1 fully saturated rings. The maximum Gasteiger partial charge on any atom is 0.337 e. The maximum atomic E-state index is 13.6. The van der Waals surface area contributed by atoms with Gasteiger partial charge in [-0.1, -0.05) is 84.4 Å². The number of rotatable bonds is 5. The molecule has 0 unspecified atom stereocenters. The lowest BCUT2D eigenvalue weighted by atomic mass is 9.89. The highest BCUT2D eigenvalue weighted by Gasteiger charge is 2.29. The molecule has 1 aliphatic heterocycles.